The van der Waals surface area contributed by atoms with Crippen LogP contribution < -0.4 is 4.90 Å². The van der Waals surface area contributed by atoms with Crippen LogP contribution in [0, 0.1) is 5.82 Å². The van der Waals surface area contributed by atoms with Gasteiger partial charge in [0.05, 0.1) is 38.4 Å². The minimum atomic E-state index is -0.576. The normalized spacial score (nSPS) is 21.1. The summed E-state index contributed by atoms with van der Waals surface area (Å²) < 4.78 is 14.7. The van der Waals surface area contributed by atoms with Crippen molar-refractivity contribution in [1.82, 2.24) is 9.88 Å². The van der Waals surface area contributed by atoms with E-state index in [9.17, 15) is 14.0 Å². The first kappa shape index (κ1) is 19.6. The number of piperidine rings is 1. The maximum Gasteiger partial charge on any atom is 0.251 e. The van der Waals surface area contributed by atoms with E-state index in [4.69, 9.17) is 16.6 Å². The third-order valence-electron chi connectivity index (χ3n) is 5.91. The largest absolute Gasteiger partial charge is 0.291 e. The molecule has 0 radical (unpaired) electrons. The van der Waals surface area contributed by atoms with Crippen molar-refractivity contribution in [2.75, 3.05) is 18.0 Å². The van der Waals surface area contributed by atoms with Gasteiger partial charge in [-0.25, -0.2) is 14.3 Å². The molecule has 2 fully saturated rings. The molecule has 0 aliphatic carbocycles. The highest BCUT2D eigenvalue weighted by Crippen LogP contribution is 2.36. The Bertz CT molecular complexity index is 1110. The minimum absolute atomic E-state index is 0.104. The molecule has 0 bridgehead atoms. The summed E-state index contributed by atoms with van der Waals surface area (Å²) in [7, 11) is 0. The Kier molecular flexibility index (Phi) is 5.05. The van der Waals surface area contributed by atoms with Crippen molar-refractivity contribution in [1.29, 1.82) is 0 Å². The number of anilines is 1. The summed E-state index contributed by atoms with van der Waals surface area (Å²) >= 11 is 7.57. The first-order chi connectivity index (χ1) is 14.5. The lowest BCUT2D eigenvalue weighted by Gasteiger charge is -2.34. The smallest absolute Gasteiger partial charge is 0.251 e. The Morgan fingerprint density at radius 3 is 2.60 bits per heavy atom. The van der Waals surface area contributed by atoms with E-state index in [1.807, 2.05) is 18.2 Å². The number of fused-ring (bicyclic) bond motifs is 1. The Morgan fingerprint density at radius 2 is 1.87 bits per heavy atom. The van der Waals surface area contributed by atoms with E-state index in [1.54, 1.807) is 11.3 Å². The number of thiazole rings is 1. The standard InChI is InChI=1S/C22H19ClFN3O2S/c23-15-11-14(5-6-16(15)24)27-20(28)12-18(22(27)29)26-9-7-13(8-10-26)21-25-17-3-1-2-4-19(17)30-21/h1-6,11,13,18H,7-10,12H2/t18-/m0/s1. The van der Waals surface area contributed by atoms with Crippen molar-refractivity contribution < 1.29 is 14.0 Å². The molecule has 2 aliphatic rings. The van der Waals surface area contributed by atoms with Crippen molar-refractivity contribution in [3.63, 3.8) is 0 Å². The van der Waals surface area contributed by atoms with Crippen molar-refractivity contribution in [2.24, 2.45) is 0 Å². The fraction of sp³-hybridized carbons (Fsp3) is 0.318. The molecule has 154 valence electrons. The number of carbonyl (C=O) groups is 2. The van der Waals surface area contributed by atoms with Crippen LogP contribution in [0.3, 0.4) is 0 Å². The molecule has 2 aliphatic heterocycles. The van der Waals surface area contributed by atoms with Gasteiger partial charge in [0.2, 0.25) is 5.91 Å². The fourth-order valence-electron chi connectivity index (χ4n) is 4.32. The van der Waals surface area contributed by atoms with Crippen molar-refractivity contribution in [3.8, 4) is 0 Å². The van der Waals surface area contributed by atoms with Gasteiger partial charge in [-0.05, 0) is 56.3 Å². The molecule has 0 unspecified atom stereocenters. The van der Waals surface area contributed by atoms with Crippen LogP contribution in [0.15, 0.2) is 42.5 Å². The van der Waals surface area contributed by atoms with Gasteiger partial charge >= 0.3 is 0 Å². The van der Waals surface area contributed by atoms with Gasteiger partial charge in [-0.15, -0.1) is 11.3 Å². The van der Waals surface area contributed by atoms with E-state index in [2.05, 4.69) is 11.0 Å². The van der Waals surface area contributed by atoms with Crippen LogP contribution in [0.1, 0.15) is 30.2 Å². The lowest BCUT2D eigenvalue weighted by molar-refractivity contribution is -0.123. The molecule has 3 heterocycles. The van der Waals surface area contributed by atoms with Gasteiger partial charge in [-0.3, -0.25) is 14.5 Å². The monoisotopic (exact) mass is 443 g/mol. The van der Waals surface area contributed by atoms with Crippen LogP contribution in [0.25, 0.3) is 10.2 Å². The topological polar surface area (TPSA) is 53.5 Å². The highest BCUT2D eigenvalue weighted by atomic mass is 35.5. The summed E-state index contributed by atoms with van der Waals surface area (Å²) in [6.45, 7) is 1.48. The predicted molar refractivity (Wildman–Crippen MR) is 115 cm³/mol. The number of para-hydroxylation sites is 1. The Hall–Kier alpha value is -2.35. The lowest BCUT2D eigenvalue weighted by Crippen LogP contribution is -2.45. The van der Waals surface area contributed by atoms with E-state index < -0.39 is 11.9 Å². The number of nitrogens with zero attached hydrogens (tertiary/aromatic N) is 3. The van der Waals surface area contributed by atoms with E-state index in [0.29, 0.717) is 11.6 Å². The number of likely N-dealkylation sites (tertiary alicyclic amines) is 1. The summed E-state index contributed by atoms with van der Waals surface area (Å²) in [5.41, 5.74) is 1.35. The van der Waals surface area contributed by atoms with E-state index >= 15 is 0 Å². The number of halogens is 2. The molecule has 30 heavy (non-hydrogen) atoms. The summed E-state index contributed by atoms with van der Waals surface area (Å²) in [6, 6.07) is 11.6. The highest BCUT2D eigenvalue weighted by Gasteiger charge is 2.43. The third kappa shape index (κ3) is 3.41. The number of carbonyl (C=O) groups excluding carboxylic acids is 2. The SMILES string of the molecule is O=C1C[C@H](N2CCC(c3nc4ccccc4s3)CC2)C(=O)N1c1ccc(F)c(Cl)c1. The molecular formula is C22H19ClFN3O2S. The number of amides is 2. The maximum atomic E-state index is 13.5. The molecule has 0 spiro atoms. The maximum absolute atomic E-state index is 13.5. The lowest BCUT2D eigenvalue weighted by atomic mass is 9.96. The van der Waals surface area contributed by atoms with Crippen LogP contribution in [-0.4, -0.2) is 40.8 Å². The predicted octanol–water partition coefficient (Wildman–Crippen LogP) is 4.60. The number of hydrogen-bond acceptors (Lipinski definition) is 5. The second-order valence-electron chi connectivity index (χ2n) is 7.72. The second kappa shape index (κ2) is 7.72. The summed E-state index contributed by atoms with van der Waals surface area (Å²) in [5.74, 6) is -0.743. The summed E-state index contributed by atoms with van der Waals surface area (Å²) in [5, 5.41) is 1.04. The van der Waals surface area contributed by atoms with Crippen molar-refractivity contribution in [3.05, 3.63) is 58.3 Å². The molecule has 0 saturated carbocycles. The van der Waals surface area contributed by atoms with Crippen molar-refractivity contribution in [2.45, 2.75) is 31.2 Å². The Labute approximate surface area is 182 Å². The number of rotatable bonds is 3. The second-order valence-corrected chi connectivity index (χ2v) is 9.19. The van der Waals surface area contributed by atoms with Gasteiger partial charge < -0.3 is 0 Å². The fourth-order valence-corrected chi connectivity index (χ4v) is 5.63. The van der Waals surface area contributed by atoms with Crippen LogP contribution in [0.5, 0.6) is 0 Å². The van der Waals surface area contributed by atoms with Crippen LogP contribution >= 0.6 is 22.9 Å². The average Bonchev–Trinajstić information content (AvgIpc) is 3.31. The number of imide groups is 1. The van der Waals surface area contributed by atoms with E-state index in [-0.39, 0.29) is 23.3 Å². The molecule has 2 aromatic carbocycles. The zero-order valence-corrected chi connectivity index (χ0v) is 17.6. The highest BCUT2D eigenvalue weighted by molar-refractivity contribution is 7.18. The number of benzene rings is 2. The molecule has 0 N–H and O–H groups in total. The van der Waals surface area contributed by atoms with Crippen LogP contribution in [0.2, 0.25) is 5.02 Å². The zero-order chi connectivity index (χ0) is 20.8. The Balaban J connectivity index is 1.28. The number of aromatic nitrogens is 1. The average molecular weight is 444 g/mol. The quantitative estimate of drug-likeness (QED) is 0.555. The van der Waals surface area contributed by atoms with Gasteiger partial charge in [0.25, 0.3) is 5.91 Å². The molecule has 2 saturated heterocycles. The summed E-state index contributed by atoms with van der Waals surface area (Å²) in [6.07, 6.45) is 1.94. The van der Waals surface area contributed by atoms with Gasteiger partial charge in [0.1, 0.15) is 5.82 Å². The first-order valence-electron chi connectivity index (χ1n) is 9.92. The molecule has 2 amide bonds. The molecule has 5 nitrogen and oxygen atoms in total. The van der Waals surface area contributed by atoms with Crippen LogP contribution in [0.4, 0.5) is 10.1 Å². The molecule has 8 heteroatoms. The molecule has 1 aromatic heterocycles. The first-order valence-corrected chi connectivity index (χ1v) is 11.1. The van der Waals surface area contributed by atoms with Gasteiger partial charge in [-0.1, -0.05) is 23.7 Å². The Morgan fingerprint density at radius 1 is 1.10 bits per heavy atom. The molecule has 1 atom stereocenters. The van der Waals surface area contributed by atoms with Crippen LogP contribution in [-0.2, 0) is 9.59 Å². The van der Waals surface area contributed by atoms with Gasteiger partial charge in [0, 0.05) is 5.92 Å². The van der Waals surface area contributed by atoms with Gasteiger partial charge in [0.15, 0.2) is 0 Å². The third-order valence-corrected chi connectivity index (χ3v) is 7.40. The minimum Gasteiger partial charge on any atom is -0.291 e. The van der Waals surface area contributed by atoms with E-state index in [1.165, 1.54) is 22.9 Å². The molecular weight excluding hydrogens is 425 g/mol. The van der Waals surface area contributed by atoms with E-state index in [0.717, 1.165) is 41.4 Å². The number of hydrogen-bond donors (Lipinski definition) is 0. The zero-order valence-electron chi connectivity index (χ0n) is 16.1. The molecule has 3 aromatic rings. The molecule has 5 rings (SSSR count). The van der Waals surface area contributed by atoms with Crippen molar-refractivity contribution >= 4 is 50.7 Å². The van der Waals surface area contributed by atoms with Gasteiger partial charge in [-0.2, -0.15) is 0 Å². The summed E-state index contributed by atoms with van der Waals surface area (Å²) in [4.78, 5) is 33.6.